The maximum atomic E-state index is 12.0. The fraction of sp³-hybridized carbons (Fsp3) is 0.455. The van der Waals surface area contributed by atoms with E-state index in [0.29, 0.717) is 12.0 Å². The lowest BCUT2D eigenvalue weighted by Gasteiger charge is -2.11. The number of nitrogens with one attached hydrogen (secondary N) is 1. The third-order valence-electron chi connectivity index (χ3n) is 2.62. The van der Waals surface area contributed by atoms with E-state index in [2.05, 4.69) is 4.72 Å². The number of aliphatic hydroxyl groups is 1. The van der Waals surface area contributed by atoms with Crippen LogP contribution in [0.25, 0.3) is 0 Å². The Morgan fingerprint density at radius 3 is 2.50 bits per heavy atom. The Hall–Kier alpha value is -1.00. The largest absolute Gasteiger partial charge is 0.388 e. The molecule has 0 fully saturated rings. The fourth-order valence-electron chi connectivity index (χ4n) is 1.53. The normalized spacial score (nSPS) is 14.2. The van der Waals surface area contributed by atoms with Crippen LogP contribution in [0.3, 0.4) is 0 Å². The first-order valence-corrected chi connectivity index (χ1v) is 9.14. The van der Waals surface area contributed by atoms with Gasteiger partial charge >= 0.3 is 0 Å². The molecule has 20 heavy (non-hydrogen) atoms. The fourth-order valence-corrected chi connectivity index (χ4v) is 3.13. The van der Waals surface area contributed by atoms with Crippen LogP contribution in [0.1, 0.15) is 25.0 Å². The summed E-state index contributed by atoms with van der Waals surface area (Å²) in [4.78, 5) is -0.0306. The Balaban J connectivity index is 2.87. The molecular weight excluding hydrogens is 304 g/mol. The van der Waals surface area contributed by atoms with Crippen molar-refractivity contribution in [2.75, 3.05) is 12.3 Å². The molecule has 0 aliphatic heterocycles. The van der Waals surface area contributed by atoms with Crippen molar-refractivity contribution in [1.82, 2.24) is 4.72 Å². The highest BCUT2D eigenvalue weighted by Crippen LogP contribution is 2.19. The number of rotatable bonds is 7. The molecule has 0 heterocycles. The molecule has 1 rings (SSSR count). The smallest absolute Gasteiger partial charge is 0.240 e. The zero-order valence-corrected chi connectivity index (χ0v) is 12.6. The average molecular weight is 322 g/mol. The van der Waals surface area contributed by atoms with Crippen molar-refractivity contribution in [2.45, 2.75) is 24.3 Å². The van der Waals surface area contributed by atoms with Crippen LogP contribution in [0.2, 0.25) is 0 Å². The Morgan fingerprint density at radius 2 is 1.95 bits per heavy atom. The molecule has 0 amide bonds. The minimum Gasteiger partial charge on any atom is -0.388 e. The van der Waals surface area contributed by atoms with Crippen LogP contribution >= 0.6 is 0 Å². The second-order valence-electron chi connectivity index (χ2n) is 4.26. The van der Waals surface area contributed by atoms with Crippen LogP contribution in [0.15, 0.2) is 29.2 Å². The van der Waals surface area contributed by atoms with Crippen molar-refractivity contribution in [2.24, 2.45) is 5.14 Å². The van der Waals surface area contributed by atoms with Crippen LogP contribution in [0.5, 0.6) is 0 Å². The molecule has 0 aliphatic carbocycles. The number of sulfonamides is 2. The Morgan fingerprint density at radius 1 is 1.30 bits per heavy atom. The lowest BCUT2D eigenvalue weighted by molar-refractivity contribution is 0.173. The number of benzene rings is 1. The Kier molecular flexibility index (Phi) is 5.66. The molecule has 0 aliphatic rings. The molecule has 0 radical (unpaired) electrons. The topological polar surface area (TPSA) is 127 Å². The van der Waals surface area contributed by atoms with Gasteiger partial charge in [0.05, 0.1) is 16.8 Å². The summed E-state index contributed by atoms with van der Waals surface area (Å²) < 4.78 is 47.5. The van der Waals surface area contributed by atoms with Gasteiger partial charge in [-0.3, -0.25) is 0 Å². The lowest BCUT2D eigenvalue weighted by atomic mass is 10.1. The van der Waals surface area contributed by atoms with E-state index in [1.807, 2.05) is 0 Å². The molecule has 0 aromatic heterocycles. The van der Waals surface area contributed by atoms with E-state index in [1.165, 1.54) is 18.2 Å². The highest BCUT2D eigenvalue weighted by atomic mass is 32.2. The summed E-state index contributed by atoms with van der Waals surface area (Å²) in [6, 6.07) is 5.86. The predicted molar refractivity (Wildman–Crippen MR) is 74.9 cm³/mol. The monoisotopic (exact) mass is 322 g/mol. The van der Waals surface area contributed by atoms with Gasteiger partial charge in [-0.05, 0) is 24.1 Å². The summed E-state index contributed by atoms with van der Waals surface area (Å²) in [7, 11) is -7.55. The van der Waals surface area contributed by atoms with Gasteiger partial charge in [-0.1, -0.05) is 19.1 Å². The van der Waals surface area contributed by atoms with Gasteiger partial charge in [-0.2, -0.15) is 0 Å². The predicted octanol–water partition coefficient (Wildman–Crippen LogP) is -0.303. The zero-order valence-electron chi connectivity index (χ0n) is 11.0. The van der Waals surface area contributed by atoms with Gasteiger partial charge in [0.2, 0.25) is 20.0 Å². The molecule has 4 N–H and O–H groups in total. The minimum atomic E-state index is -3.83. The first-order chi connectivity index (χ1) is 9.15. The maximum Gasteiger partial charge on any atom is 0.240 e. The van der Waals surface area contributed by atoms with E-state index in [-0.39, 0.29) is 11.4 Å². The van der Waals surface area contributed by atoms with Gasteiger partial charge in [0.15, 0.2) is 0 Å². The van der Waals surface area contributed by atoms with Crippen molar-refractivity contribution in [1.29, 1.82) is 0 Å². The highest BCUT2D eigenvalue weighted by molar-refractivity contribution is 7.90. The third-order valence-corrected chi connectivity index (χ3v) is 4.85. The van der Waals surface area contributed by atoms with Crippen LogP contribution in [-0.4, -0.2) is 34.2 Å². The lowest BCUT2D eigenvalue weighted by Crippen LogP contribution is -2.31. The van der Waals surface area contributed by atoms with E-state index in [4.69, 9.17) is 5.14 Å². The van der Waals surface area contributed by atoms with Crippen molar-refractivity contribution < 1.29 is 21.9 Å². The third kappa shape index (κ3) is 5.17. The van der Waals surface area contributed by atoms with Gasteiger partial charge in [0, 0.05) is 6.54 Å². The van der Waals surface area contributed by atoms with Crippen LogP contribution in [-0.2, 0) is 20.0 Å². The molecule has 1 unspecified atom stereocenters. The van der Waals surface area contributed by atoms with Crippen molar-refractivity contribution in [3.05, 3.63) is 29.8 Å². The average Bonchev–Trinajstić information content (AvgIpc) is 2.36. The standard InChI is InChI=1S/C11H18N2O5S2/c1-2-11(14)9-4-3-5-10(8-9)20(17,18)13-6-7-19(12,15)16/h3-5,8,11,13-14H,2,6-7H2,1H3,(H2,12,15,16). The second kappa shape index (κ2) is 6.64. The number of primary sulfonamides is 1. The summed E-state index contributed by atoms with van der Waals surface area (Å²) in [6.45, 7) is 1.47. The van der Waals surface area contributed by atoms with Gasteiger partial charge in [0.25, 0.3) is 0 Å². The minimum absolute atomic E-state index is 0.0306. The summed E-state index contributed by atoms with van der Waals surface area (Å²) in [6.07, 6.45) is -0.280. The van der Waals surface area contributed by atoms with Crippen molar-refractivity contribution >= 4 is 20.0 Å². The Bertz CT molecular complexity index is 655. The molecule has 1 aromatic carbocycles. The van der Waals surface area contributed by atoms with E-state index in [9.17, 15) is 21.9 Å². The van der Waals surface area contributed by atoms with Gasteiger partial charge in [-0.15, -0.1) is 0 Å². The van der Waals surface area contributed by atoms with Crippen molar-refractivity contribution in [3.63, 3.8) is 0 Å². The highest BCUT2D eigenvalue weighted by Gasteiger charge is 2.16. The van der Waals surface area contributed by atoms with Crippen LogP contribution in [0, 0.1) is 0 Å². The van der Waals surface area contributed by atoms with Gasteiger partial charge in [0.1, 0.15) is 0 Å². The van der Waals surface area contributed by atoms with Crippen LogP contribution < -0.4 is 9.86 Å². The molecule has 7 nitrogen and oxygen atoms in total. The quantitative estimate of drug-likeness (QED) is 0.635. The zero-order chi connectivity index (χ0) is 15.4. The molecule has 1 aromatic rings. The number of hydrogen-bond donors (Lipinski definition) is 3. The SMILES string of the molecule is CCC(O)c1cccc(S(=O)(=O)NCCS(N)(=O)=O)c1. The summed E-state index contributed by atoms with van der Waals surface area (Å²) in [5.41, 5.74) is 0.488. The first-order valence-electron chi connectivity index (χ1n) is 5.94. The van der Waals surface area contributed by atoms with E-state index in [0.717, 1.165) is 0 Å². The van der Waals surface area contributed by atoms with Crippen LogP contribution in [0.4, 0.5) is 0 Å². The molecule has 9 heteroatoms. The molecule has 114 valence electrons. The number of aliphatic hydroxyl groups excluding tert-OH is 1. The summed E-state index contributed by atoms with van der Waals surface area (Å²) in [5, 5.41) is 14.5. The molecule has 0 saturated heterocycles. The van der Waals surface area contributed by atoms with Gasteiger partial charge in [-0.25, -0.2) is 26.7 Å². The molecule has 0 bridgehead atoms. The molecule has 1 atom stereocenters. The molecule has 0 saturated carbocycles. The summed E-state index contributed by atoms with van der Waals surface area (Å²) in [5.74, 6) is -0.483. The second-order valence-corrected chi connectivity index (χ2v) is 7.76. The first kappa shape index (κ1) is 17.1. The molecular formula is C11H18N2O5S2. The van der Waals surface area contributed by atoms with E-state index in [1.54, 1.807) is 13.0 Å². The number of hydrogen-bond acceptors (Lipinski definition) is 5. The van der Waals surface area contributed by atoms with E-state index >= 15 is 0 Å². The molecule has 0 spiro atoms. The maximum absolute atomic E-state index is 12.0. The van der Waals surface area contributed by atoms with Crippen molar-refractivity contribution in [3.8, 4) is 0 Å². The van der Waals surface area contributed by atoms with Gasteiger partial charge < -0.3 is 5.11 Å². The Labute approximate surface area is 118 Å². The van der Waals surface area contributed by atoms with E-state index < -0.39 is 31.9 Å². The summed E-state index contributed by atoms with van der Waals surface area (Å²) >= 11 is 0. The number of nitrogens with two attached hydrogens (primary N) is 1.